The summed E-state index contributed by atoms with van der Waals surface area (Å²) in [5.41, 5.74) is 2.79. The number of nitrogens with one attached hydrogen (secondary N) is 3. The summed E-state index contributed by atoms with van der Waals surface area (Å²) in [6.07, 6.45) is 3.96. The van der Waals surface area contributed by atoms with Gasteiger partial charge in [0.25, 0.3) is 0 Å². The molecule has 1 heterocycles. The van der Waals surface area contributed by atoms with Gasteiger partial charge in [0.05, 0.1) is 36.7 Å². The summed E-state index contributed by atoms with van der Waals surface area (Å²) in [6, 6.07) is 14.6. The van der Waals surface area contributed by atoms with Gasteiger partial charge in [0.1, 0.15) is 11.6 Å². The van der Waals surface area contributed by atoms with Crippen LogP contribution in [0.2, 0.25) is 0 Å². The summed E-state index contributed by atoms with van der Waals surface area (Å²) in [5, 5.41) is 6.12. The van der Waals surface area contributed by atoms with E-state index < -0.39 is 0 Å². The summed E-state index contributed by atoms with van der Waals surface area (Å²) in [5.74, 6) is 0.903. The zero-order chi connectivity index (χ0) is 23.9. The lowest BCUT2D eigenvalue weighted by atomic mass is 9.84. The topological polar surface area (TPSA) is 105 Å². The first-order valence-electron chi connectivity index (χ1n) is 11.9. The van der Waals surface area contributed by atoms with Gasteiger partial charge in [-0.2, -0.15) is 0 Å². The number of methoxy groups -OCH3 is 1. The molecule has 0 spiro atoms. The summed E-state index contributed by atoms with van der Waals surface area (Å²) in [6.45, 7) is 2.14. The molecule has 1 aliphatic carbocycles. The second-order valence-electron chi connectivity index (χ2n) is 8.61. The van der Waals surface area contributed by atoms with Crippen LogP contribution in [0.15, 0.2) is 48.5 Å². The molecule has 1 saturated carbocycles. The number of nitrogens with zero attached hydrogens (tertiary/aromatic N) is 1. The van der Waals surface area contributed by atoms with Crippen LogP contribution in [0.5, 0.6) is 5.75 Å². The number of amides is 2. The van der Waals surface area contributed by atoms with Crippen molar-refractivity contribution in [2.24, 2.45) is 5.92 Å². The van der Waals surface area contributed by atoms with Crippen LogP contribution in [0.3, 0.4) is 0 Å². The van der Waals surface area contributed by atoms with Gasteiger partial charge in [-0.1, -0.05) is 37.1 Å². The molecule has 0 saturated heterocycles. The maximum absolute atomic E-state index is 13.1. The van der Waals surface area contributed by atoms with E-state index in [0.29, 0.717) is 18.9 Å². The molecule has 2 amide bonds. The molecule has 3 N–H and O–H groups in total. The molecule has 1 aromatic heterocycles. The van der Waals surface area contributed by atoms with E-state index in [1.807, 2.05) is 48.5 Å². The summed E-state index contributed by atoms with van der Waals surface area (Å²) in [4.78, 5) is 33.6. The number of H-pyrrole nitrogens is 1. The molecule has 4 rings (SSSR count). The summed E-state index contributed by atoms with van der Waals surface area (Å²) < 4.78 is 10.5. The molecule has 180 valence electrons. The van der Waals surface area contributed by atoms with Crippen LogP contribution < -0.4 is 15.4 Å². The van der Waals surface area contributed by atoms with Gasteiger partial charge in [-0.3, -0.25) is 4.79 Å². The van der Waals surface area contributed by atoms with Crippen molar-refractivity contribution in [3.05, 3.63) is 59.9 Å². The number of aromatic amines is 1. The maximum atomic E-state index is 13.1. The fraction of sp³-hybridized carbons (Fsp3) is 0.423. The van der Waals surface area contributed by atoms with Crippen molar-refractivity contribution in [3.63, 3.8) is 0 Å². The van der Waals surface area contributed by atoms with Crippen molar-refractivity contribution in [1.29, 1.82) is 0 Å². The van der Waals surface area contributed by atoms with E-state index in [0.717, 1.165) is 48.0 Å². The first-order valence-corrected chi connectivity index (χ1v) is 11.9. The number of para-hydroxylation sites is 2. The number of carbonyl (C=O) groups is 2. The van der Waals surface area contributed by atoms with Crippen molar-refractivity contribution in [2.75, 3.05) is 13.7 Å². The third-order valence-corrected chi connectivity index (χ3v) is 6.31. The van der Waals surface area contributed by atoms with Crippen LogP contribution in [0, 0.1) is 5.92 Å². The highest BCUT2D eigenvalue weighted by atomic mass is 16.5. The molecule has 0 radical (unpaired) electrons. The summed E-state index contributed by atoms with van der Waals surface area (Å²) in [7, 11) is 1.63. The lowest BCUT2D eigenvalue weighted by Crippen LogP contribution is -2.50. The molecule has 3 aromatic rings. The predicted octanol–water partition coefficient (Wildman–Crippen LogP) is 4.28. The Bertz CT molecular complexity index is 1080. The van der Waals surface area contributed by atoms with E-state index in [-0.39, 0.29) is 30.0 Å². The third-order valence-electron chi connectivity index (χ3n) is 6.31. The molecular formula is C26H32N4O4. The normalized spacial score (nSPS) is 18.8. The molecule has 8 nitrogen and oxygen atoms in total. The molecule has 2 aromatic carbocycles. The van der Waals surface area contributed by atoms with Crippen molar-refractivity contribution < 1.29 is 19.1 Å². The number of imidazole rings is 1. The van der Waals surface area contributed by atoms with E-state index in [9.17, 15) is 9.59 Å². The highest BCUT2D eigenvalue weighted by molar-refractivity contribution is 5.78. The van der Waals surface area contributed by atoms with Gasteiger partial charge in [0.2, 0.25) is 0 Å². The minimum absolute atomic E-state index is 0.237. The lowest BCUT2D eigenvalue weighted by molar-refractivity contribution is -0.149. The number of aromatic nitrogens is 2. The molecule has 34 heavy (non-hydrogen) atoms. The zero-order valence-corrected chi connectivity index (χ0v) is 19.7. The second-order valence-corrected chi connectivity index (χ2v) is 8.61. The quantitative estimate of drug-likeness (QED) is 0.432. The SMILES string of the molecule is CCOC(=O)[C@H]1CCCC[C@@H]1NC(=O)N[C@H](Cc1ccc(OC)cc1)c1nc2ccccc2[nH]1. The van der Waals surface area contributed by atoms with Gasteiger partial charge < -0.3 is 25.1 Å². The third kappa shape index (κ3) is 5.68. The van der Waals surface area contributed by atoms with Crippen LogP contribution in [0.4, 0.5) is 4.79 Å². The van der Waals surface area contributed by atoms with Crippen LogP contribution in [-0.2, 0) is 16.0 Å². The Morgan fingerprint density at radius 1 is 1.12 bits per heavy atom. The number of fused-ring (bicyclic) bond motifs is 1. The van der Waals surface area contributed by atoms with Crippen molar-refractivity contribution >= 4 is 23.0 Å². The number of hydrogen-bond donors (Lipinski definition) is 3. The first kappa shape index (κ1) is 23.6. The van der Waals surface area contributed by atoms with Crippen molar-refractivity contribution in [3.8, 4) is 5.75 Å². The van der Waals surface area contributed by atoms with Crippen LogP contribution in [0.1, 0.15) is 50.0 Å². The lowest BCUT2D eigenvalue weighted by Gasteiger charge is -2.31. The Balaban J connectivity index is 1.51. The van der Waals surface area contributed by atoms with Crippen molar-refractivity contribution in [2.45, 2.75) is 51.1 Å². The number of ether oxygens (including phenoxy) is 2. The van der Waals surface area contributed by atoms with Crippen LogP contribution in [0.25, 0.3) is 11.0 Å². The number of urea groups is 1. The number of esters is 1. The maximum Gasteiger partial charge on any atom is 0.315 e. The van der Waals surface area contributed by atoms with Crippen molar-refractivity contribution in [1.82, 2.24) is 20.6 Å². The molecular weight excluding hydrogens is 432 g/mol. The number of hydrogen-bond acceptors (Lipinski definition) is 5. The predicted molar refractivity (Wildman–Crippen MR) is 130 cm³/mol. The highest BCUT2D eigenvalue weighted by Gasteiger charge is 2.33. The zero-order valence-electron chi connectivity index (χ0n) is 19.7. The molecule has 1 fully saturated rings. The Morgan fingerprint density at radius 2 is 1.88 bits per heavy atom. The Morgan fingerprint density at radius 3 is 2.62 bits per heavy atom. The van der Waals surface area contributed by atoms with Crippen LogP contribution in [-0.4, -0.2) is 41.7 Å². The fourth-order valence-corrected chi connectivity index (χ4v) is 4.55. The molecule has 0 aliphatic heterocycles. The highest BCUT2D eigenvalue weighted by Crippen LogP contribution is 2.26. The average molecular weight is 465 g/mol. The molecule has 3 atom stereocenters. The fourth-order valence-electron chi connectivity index (χ4n) is 4.55. The van der Waals surface area contributed by atoms with E-state index in [1.54, 1.807) is 14.0 Å². The number of rotatable bonds is 8. The largest absolute Gasteiger partial charge is 0.497 e. The summed E-state index contributed by atoms with van der Waals surface area (Å²) >= 11 is 0. The van der Waals surface area contributed by atoms with Gasteiger partial charge in [-0.25, -0.2) is 9.78 Å². The Hall–Kier alpha value is -3.55. The van der Waals surface area contributed by atoms with Gasteiger partial charge in [-0.05, 0) is 56.0 Å². The first-order chi connectivity index (χ1) is 16.6. The number of carbonyl (C=O) groups excluding carboxylic acids is 2. The van der Waals surface area contributed by atoms with Gasteiger partial charge in [-0.15, -0.1) is 0 Å². The standard InChI is InChI=1S/C26H32N4O4/c1-3-34-25(31)19-8-4-5-9-20(19)29-26(32)30-23(16-17-12-14-18(33-2)15-13-17)24-27-21-10-6-7-11-22(21)28-24/h6-7,10-15,19-20,23H,3-5,8-9,16H2,1-2H3,(H,27,28)(H2,29,30,32)/t19-,20-,23+/m0/s1. The smallest absolute Gasteiger partial charge is 0.315 e. The number of benzene rings is 2. The minimum atomic E-state index is -0.384. The minimum Gasteiger partial charge on any atom is -0.497 e. The molecule has 0 bridgehead atoms. The molecule has 0 unspecified atom stereocenters. The molecule has 1 aliphatic rings. The van der Waals surface area contributed by atoms with E-state index in [2.05, 4.69) is 15.6 Å². The Labute approximate surface area is 199 Å². The van der Waals surface area contributed by atoms with Crippen LogP contribution >= 0.6 is 0 Å². The van der Waals surface area contributed by atoms with E-state index in [4.69, 9.17) is 14.5 Å². The average Bonchev–Trinajstić information content (AvgIpc) is 3.29. The van der Waals surface area contributed by atoms with Gasteiger partial charge in [0.15, 0.2) is 0 Å². The van der Waals surface area contributed by atoms with Gasteiger partial charge in [0, 0.05) is 6.04 Å². The second kappa shape index (κ2) is 11.0. The van der Waals surface area contributed by atoms with Gasteiger partial charge >= 0.3 is 12.0 Å². The Kier molecular flexibility index (Phi) is 7.67. The van der Waals surface area contributed by atoms with E-state index >= 15 is 0 Å². The van der Waals surface area contributed by atoms with E-state index in [1.165, 1.54) is 0 Å². The monoisotopic (exact) mass is 464 g/mol. The molecule has 8 heteroatoms.